The molecule has 0 N–H and O–H groups in total. The number of allylic oxidation sites excluding steroid dienone is 1. The molecule has 0 saturated heterocycles. The van der Waals surface area contributed by atoms with Crippen molar-refractivity contribution in [1.82, 2.24) is 0 Å². The van der Waals surface area contributed by atoms with Gasteiger partial charge in [-0.05, 0) is 13.1 Å². The van der Waals surface area contributed by atoms with Gasteiger partial charge in [0.15, 0.2) is 0 Å². The lowest BCUT2D eigenvalue weighted by Crippen LogP contribution is -2.04. The first kappa shape index (κ1) is 15.8. The van der Waals surface area contributed by atoms with E-state index in [1.54, 1.807) is 12.2 Å². The molecule has 0 fully saturated rings. The van der Waals surface area contributed by atoms with Gasteiger partial charge in [0.05, 0.1) is 19.8 Å². The van der Waals surface area contributed by atoms with Gasteiger partial charge in [0.1, 0.15) is 0 Å². The monoisotopic (exact) mass is 252 g/mol. The number of hydrogen-bond acceptors (Lipinski definition) is 5. The summed E-state index contributed by atoms with van der Waals surface area (Å²) in [5.41, 5.74) is 0.490. The van der Waals surface area contributed by atoms with Crippen molar-refractivity contribution in [2.24, 2.45) is 9.98 Å². The molecule has 0 aromatic carbocycles. The second-order valence-electron chi connectivity index (χ2n) is 3.03. The molecule has 0 unspecified atom stereocenters. The van der Waals surface area contributed by atoms with Crippen molar-refractivity contribution >= 4 is 25.0 Å². The van der Waals surface area contributed by atoms with Crippen LogP contribution >= 0.6 is 0 Å². The van der Waals surface area contributed by atoms with Crippen LogP contribution < -0.4 is 0 Å². The Labute approximate surface area is 106 Å². The predicted molar refractivity (Wildman–Crippen MR) is 68.5 cm³/mol. The van der Waals surface area contributed by atoms with E-state index in [4.69, 9.17) is 4.74 Å². The molecule has 0 spiro atoms. The molecule has 1 amide bonds. The molecule has 18 heavy (non-hydrogen) atoms. The van der Waals surface area contributed by atoms with E-state index in [1.807, 2.05) is 0 Å². The van der Waals surface area contributed by atoms with Gasteiger partial charge in [0.25, 0.3) is 0 Å². The zero-order valence-corrected chi connectivity index (χ0v) is 10.5. The zero-order chi connectivity index (χ0) is 13.8. The molecule has 0 aliphatic carbocycles. The van der Waals surface area contributed by atoms with Crippen molar-refractivity contribution in [3.63, 3.8) is 0 Å². The molecule has 0 saturated carbocycles. The summed E-state index contributed by atoms with van der Waals surface area (Å²) in [5, 5.41) is 0. The molecular formula is C12H16N2O4. The minimum atomic E-state index is -0.291. The largest absolute Gasteiger partial charge is 0.480 e. The molecule has 0 heterocycles. The lowest BCUT2D eigenvalue weighted by Gasteiger charge is -2.02. The summed E-state index contributed by atoms with van der Waals surface area (Å²) in [7, 11) is 2.72. The zero-order valence-electron chi connectivity index (χ0n) is 10.5. The van der Waals surface area contributed by atoms with Crippen molar-refractivity contribution in [2.75, 3.05) is 14.2 Å². The van der Waals surface area contributed by atoms with Crippen LogP contribution in [-0.4, -0.2) is 39.2 Å². The first-order valence-corrected chi connectivity index (χ1v) is 5.14. The van der Waals surface area contributed by atoms with Gasteiger partial charge < -0.3 is 9.47 Å². The summed E-state index contributed by atoms with van der Waals surface area (Å²) in [5.74, 6) is -0.160. The van der Waals surface area contributed by atoms with E-state index < -0.39 is 0 Å². The van der Waals surface area contributed by atoms with Crippen LogP contribution in [0.1, 0.15) is 12.8 Å². The molecule has 0 aliphatic rings. The van der Waals surface area contributed by atoms with Crippen LogP contribution in [0.15, 0.2) is 33.9 Å². The van der Waals surface area contributed by atoms with Crippen molar-refractivity contribution < 1.29 is 19.1 Å². The minimum Gasteiger partial charge on any atom is -0.480 e. The van der Waals surface area contributed by atoms with E-state index in [-0.39, 0.29) is 18.3 Å². The third-order valence-electron chi connectivity index (χ3n) is 1.88. The Balaban J connectivity index is 4.64. The van der Waals surface area contributed by atoms with E-state index in [2.05, 4.69) is 21.4 Å². The van der Waals surface area contributed by atoms with E-state index in [1.165, 1.54) is 20.4 Å². The molecule has 0 rings (SSSR count). The third-order valence-corrected chi connectivity index (χ3v) is 1.88. The van der Waals surface area contributed by atoms with Crippen LogP contribution in [0.5, 0.6) is 0 Å². The van der Waals surface area contributed by atoms with Crippen molar-refractivity contribution in [3.8, 4) is 0 Å². The topological polar surface area (TPSA) is 77.3 Å². The Bertz CT molecular complexity index is 384. The Morgan fingerprint density at radius 2 is 2.06 bits per heavy atom. The number of nitrogens with zero attached hydrogens (tertiary/aromatic N) is 2. The molecular weight excluding hydrogens is 236 g/mol. The van der Waals surface area contributed by atoms with Gasteiger partial charge in [-0.3, -0.25) is 14.6 Å². The van der Waals surface area contributed by atoms with Crippen LogP contribution in [0.4, 0.5) is 0 Å². The quantitative estimate of drug-likeness (QED) is 0.225. The van der Waals surface area contributed by atoms with Crippen molar-refractivity contribution in [1.29, 1.82) is 0 Å². The molecule has 0 aromatic rings. The molecule has 6 heteroatoms. The van der Waals surface area contributed by atoms with Gasteiger partial charge in [-0.25, -0.2) is 0 Å². The number of carbonyl (C=O) groups is 2. The standard InChI is InChI=1S/C12H16N2O4/c1-13-8-10(12(18-3)14-9-15)6-4-5-7-11(16)17-2/h4,6,8-9H,1,5,7H2,2-3H3/b6-4+,10-8-,14-12?. The summed E-state index contributed by atoms with van der Waals surface area (Å²) in [6, 6.07) is 0. The van der Waals surface area contributed by atoms with Gasteiger partial charge >= 0.3 is 5.97 Å². The van der Waals surface area contributed by atoms with E-state index >= 15 is 0 Å². The van der Waals surface area contributed by atoms with Crippen LogP contribution in [-0.2, 0) is 19.1 Å². The van der Waals surface area contributed by atoms with E-state index in [9.17, 15) is 9.59 Å². The number of rotatable bonds is 7. The maximum Gasteiger partial charge on any atom is 0.305 e. The highest BCUT2D eigenvalue weighted by Gasteiger charge is 2.03. The van der Waals surface area contributed by atoms with Crippen LogP contribution in [0.2, 0.25) is 0 Å². The fourth-order valence-corrected chi connectivity index (χ4v) is 1.07. The van der Waals surface area contributed by atoms with Gasteiger partial charge in [-0.2, -0.15) is 4.99 Å². The maximum atomic E-state index is 10.9. The molecule has 6 nitrogen and oxygen atoms in total. The van der Waals surface area contributed by atoms with Gasteiger partial charge in [-0.15, -0.1) is 0 Å². The Hall–Kier alpha value is -2.24. The smallest absolute Gasteiger partial charge is 0.305 e. The number of amides is 1. The highest BCUT2D eigenvalue weighted by Crippen LogP contribution is 2.04. The summed E-state index contributed by atoms with van der Waals surface area (Å²) in [6.45, 7) is 3.31. The fraction of sp³-hybridized carbons (Fsp3) is 0.333. The number of ether oxygens (including phenoxy) is 2. The van der Waals surface area contributed by atoms with Gasteiger partial charge in [-0.1, -0.05) is 12.2 Å². The number of methoxy groups -OCH3 is 2. The minimum absolute atomic E-state index is 0.131. The molecule has 98 valence electrons. The average molecular weight is 252 g/mol. The summed E-state index contributed by atoms with van der Waals surface area (Å²) >= 11 is 0. The van der Waals surface area contributed by atoms with Crippen LogP contribution in [0, 0.1) is 0 Å². The molecule has 0 atom stereocenters. The highest BCUT2D eigenvalue weighted by molar-refractivity contribution is 5.99. The molecule has 0 aliphatic heterocycles. The lowest BCUT2D eigenvalue weighted by atomic mass is 10.2. The first-order chi connectivity index (χ1) is 8.69. The van der Waals surface area contributed by atoms with E-state index in [0.717, 1.165) is 0 Å². The first-order valence-electron chi connectivity index (χ1n) is 5.14. The normalized spacial score (nSPS) is 12.3. The fourth-order valence-electron chi connectivity index (χ4n) is 1.07. The SMILES string of the molecule is C=N/C=C(/C=C/CCC(=O)OC)C(=NC=O)OC. The Morgan fingerprint density at radius 1 is 1.33 bits per heavy atom. The van der Waals surface area contributed by atoms with Crippen LogP contribution in [0.25, 0.3) is 0 Å². The van der Waals surface area contributed by atoms with E-state index in [0.29, 0.717) is 18.4 Å². The summed E-state index contributed by atoms with van der Waals surface area (Å²) in [4.78, 5) is 28.3. The van der Waals surface area contributed by atoms with Gasteiger partial charge in [0, 0.05) is 12.6 Å². The molecule has 0 aromatic heterocycles. The summed E-state index contributed by atoms with van der Waals surface area (Å²) in [6.07, 6.45) is 5.92. The number of esters is 1. The average Bonchev–Trinajstić information content (AvgIpc) is 2.39. The Kier molecular flexibility index (Phi) is 8.71. The number of carbonyl (C=O) groups excluding carboxylic acids is 2. The predicted octanol–water partition coefficient (Wildman–Crippen LogP) is 1.28. The second kappa shape index (κ2) is 9.95. The molecule has 0 bridgehead atoms. The Morgan fingerprint density at radius 3 is 2.56 bits per heavy atom. The number of aliphatic imine (C=N–C) groups is 2. The lowest BCUT2D eigenvalue weighted by molar-refractivity contribution is -0.140. The second-order valence-corrected chi connectivity index (χ2v) is 3.03. The third kappa shape index (κ3) is 6.37. The maximum absolute atomic E-state index is 10.9. The van der Waals surface area contributed by atoms with Crippen molar-refractivity contribution in [3.05, 3.63) is 23.9 Å². The highest BCUT2D eigenvalue weighted by atomic mass is 16.5. The number of hydrogen-bond donors (Lipinski definition) is 0. The van der Waals surface area contributed by atoms with Gasteiger partial charge in [0.2, 0.25) is 12.3 Å². The van der Waals surface area contributed by atoms with Crippen molar-refractivity contribution in [2.45, 2.75) is 12.8 Å². The summed E-state index contributed by atoms with van der Waals surface area (Å²) < 4.78 is 9.43. The van der Waals surface area contributed by atoms with Crippen LogP contribution in [0.3, 0.4) is 0 Å². The molecule has 0 radical (unpaired) electrons.